The summed E-state index contributed by atoms with van der Waals surface area (Å²) >= 11 is 0. The van der Waals surface area contributed by atoms with E-state index in [0.717, 1.165) is 0 Å². The summed E-state index contributed by atoms with van der Waals surface area (Å²) in [4.78, 5) is 0.303. The number of sulfonamides is 1. The van der Waals surface area contributed by atoms with Crippen molar-refractivity contribution in [3.63, 3.8) is 0 Å². The van der Waals surface area contributed by atoms with E-state index in [1.807, 2.05) is 0 Å². The summed E-state index contributed by atoms with van der Waals surface area (Å²) in [7, 11) is -3.41. The van der Waals surface area contributed by atoms with Gasteiger partial charge in [0.2, 0.25) is 10.0 Å². The van der Waals surface area contributed by atoms with E-state index in [-0.39, 0.29) is 11.8 Å². The SMILES string of the molecule is O=S(=O)(c1ccccc1)N1CC(n2cc(O)cn2)C1. The van der Waals surface area contributed by atoms with Crippen molar-refractivity contribution in [3.8, 4) is 5.75 Å². The molecule has 6 nitrogen and oxygen atoms in total. The Labute approximate surface area is 110 Å². The summed E-state index contributed by atoms with van der Waals surface area (Å²) in [6, 6.07) is 8.35. The summed E-state index contributed by atoms with van der Waals surface area (Å²) in [5.41, 5.74) is 0. The van der Waals surface area contributed by atoms with E-state index in [1.54, 1.807) is 35.0 Å². The summed E-state index contributed by atoms with van der Waals surface area (Å²) in [6.45, 7) is 0.747. The van der Waals surface area contributed by atoms with Gasteiger partial charge in [-0.15, -0.1) is 0 Å². The van der Waals surface area contributed by atoms with Gasteiger partial charge in [0.15, 0.2) is 5.75 Å². The van der Waals surface area contributed by atoms with Crippen LogP contribution in [0.15, 0.2) is 47.6 Å². The molecule has 1 fully saturated rings. The van der Waals surface area contributed by atoms with Crippen LogP contribution in [0.3, 0.4) is 0 Å². The molecule has 0 amide bonds. The van der Waals surface area contributed by atoms with Gasteiger partial charge in [-0.1, -0.05) is 18.2 Å². The first-order valence-electron chi connectivity index (χ1n) is 5.86. The zero-order valence-electron chi connectivity index (χ0n) is 10.0. The van der Waals surface area contributed by atoms with Crippen molar-refractivity contribution >= 4 is 10.0 Å². The monoisotopic (exact) mass is 279 g/mol. The highest BCUT2D eigenvalue weighted by molar-refractivity contribution is 7.89. The van der Waals surface area contributed by atoms with Crippen LogP contribution in [0, 0.1) is 0 Å². The van der Waals surface area contributed by atoms with Crippen molar-refractivity contribution in [3.05, 3.63) is 42.7 Å². The van der Waals surface area contributed by atoms with E-state index in [0.29, 0.717) is 18.0 Å². The molecule has 0 radical (unpaired) electrons. The molecule has 1 N–H and O–H groups in total. The minimum Gasteiger partial charge on any atom is -0.505 e. The molecule has 1 saturated heterocycles. The van der Waals surface area contributed by atoms with E-state index < -0.39 is 10.0 Å². The van der Waals surface area contributed by atoms with Gasteiger partial charge in [0.05, 0.1) is 23.3 Å². The van der Waals surface area contributed by atoms with Gasteiger partial charge in [-0.25, -0.2) is 8.42 Å². The fraction of sp³-hybridized carbons (Fsp3) is 0.250. The Morgan fingerprint density at radius 2 is 1.89 bits per heavy atom. The molecule has 0 bridgehead atoms. The van der Waals surface area contributed by atoms with E-state index in [2.05, 4.69) is 5.10 Å². The quantitative estimate of drug-likeness (QED) is 0.903. The van der Waals surface area contributed by atoms with Crippen LogP contribution < -0.4 is 0 Å². The van der Waals surface area contributed by atoms with Gasteiger partial charge >= 0.3 is 0 Å². The molecule has 1 aliphatic heterocycles. The molecule has 0 spiro atoms. The van der Waals surface area contributed by atoms with E-state index in [1.165, 1.54) is 16.7 Å². The van der Waals surface area contributed by atoms with Crippen LogP contribution in [0.5, 0.6) is 5.75 Å². The molecule has 100 valence electrons. The summed E-state index contributed by atoms with van der Waals surface area (Å²) in [5.74, 6) is 0.0874. The van der Waals surface area contributed by atoms with Crippen molar-refractivity contribution in [1.82, 2.24) is 14.1 Å². The van der Waals surface area contributed by atoms with Gasteiger partial charge in [0.1, 0.15) is 0 Å². The molecule has 1 aliphatic rings. The maximum Gasteiger partial charge on any atom is 0.243 e. The number of nitrogens with zero attached hydrogens (tertiary/aromatic N) is 3. The molecule has 0 aliphatic carbocycles. The third-order valence-electron chi connectivity index (χ3n) is 3.17. The number of aromatic hydroxyl groups is 1. The molecule has 0 atom stereocenters. The number of aromatic nitrogens is 2. The highest BCUT2D eigenvalue weighted by Crippen LogP contribution is 2.28. The highest BCUT2D eigenvalue weighted by atomic mass is 32.2. The van der Waals surface area contributed by atoms with Crippen molar-refractivity contribution in [2.24, 2.45) is 0 Å². The number of benzene rings is 1. The Hall–Kier alpha value is -1.86. The molecular formula is C12H13N3O3S. The standard InChI is InChI=1S/C12H13N3O3S/c16-11-6-13-15(9-11)10-7-14(8-10)19(17,18)12-4-2-1-3-5-12/h1-6,9-10,16H,7-8H2. The average molecular weight is 279 g/mol. The van der Waals surface area contributed by atoms with Gasteiger partial charge in [0, 0.05) is 13.1 Å². The average Bonchev–Trinajstić information content (AvgIpc) is 2.74. The van der Waals surface area contributed by atoms with Crippen LogP contribution >= 0.6 is 0 Å². The van der Waals surface area contributed by atoms with Crippen molar-refractivity contribution in [2.75, 3.05) is 13.1 Å². The Kier molecular flexibility index (Phi) is 2.79. The zero-order chi connectivity index (χ0) is 13.5. The Morgan fingerprint density at radius 1 is 1.21 bits per heavy atom. The van der Waals surface area contributed by atoms with Crippen molar-refractivity contribution < 1.29 is 13.5 Å². The first-order chi connectivity index (χ1) is 9.07. The lowest BCUT2D eigenvalue weighted by Gasteiger charge is -2.37. The number of hydrogen-bond donors (Lipinski definition) is 1. The van der Waals surface area contributed by atoms with E-state index >= 15 is 0 Å². The van der Waals surface area contributed by atoms with Crippen molar-refractivity contribution in [1.29, 1.82) is 0 Å². The minimum absolute atomic E-state index is 0.0145. The summed E-state index contributed by atoms with van der Waals surface area (Å²) in [5, 5.41) is 13.2. The minimum atomic E-state index is -3.41. The van der Waals surface area contributed by atoms with Crippen LogP contribution in [0.25, 0.3) is 0 Å². The summed E-state index contributed by atoms with van der Waals surface area (Å²) in [6.07, 6.45) is 2.84. The lowest BCUT2D eigenvalue weighted by Crippen LogP contribution is -2.50. The Balaban J connectivity index is 1.74. The van der Waals surface area contributed by atoms with Crippen LogP contribution in [-0.2, 0) is 10.0 Å². The largest absolute Gasteiger partial charge is 0.505 e. The first kappa shape index (κ1) is 12.2. The molecule has 7 heteroatoms. The molecule has 2 heterocycles. The van der Waals surface area contributed by atoms with Gasteiger partial charge in [-0.3, -0.25) is 4.68 Å². The number of rotatable bonds is 3. The van der Waals surface area contributed by atoms with E-state index in [9.17, 15) is 13.5 Å². The highest BCUT2D eigenvalue weighted by Gasteiger charge is 2.37. The van der Waals surface area contributed by atoms with Crippen LogP contribution in [-0.4, -0.2) is 40.7 Å². The first-order valence-corrected chi connectivity index (χ1v) is 7.30. The Bertz CT molecular complexity index is 675. The molecule has 0 saturated carbocycles. The molecule has 19 heavy (non-hydrogen) atoms. The summed E-state index contributed by atoms with van der Waals surface area (Å²) < 4.78 is 27.5. The van der Waals surface area contributed by atoms with Crippen LogP contribution in [0.4, 0.5) is 0 Å². The van der Waals surface area contributed by atoms with Crippen molar-refractivity contribution in [2.45, 2.75) is 10.9 Å². The van der Waals surface area contributed by atoms with Gasteiger partial charge in [-0.2, -0.15) is 9.40 Å². The smallest absolute Gasteiger partial charge is 0.243 e. The maximum absolute atomic E-state index is 12.2. The molecule has 1 aromatic carbocycles. The second-order valence-corrected chi connectivity index (χ2v) is 6.41. The fourth-order valence-electron chi connectivity index (χ4n) is 2.05. The van der Waals surface area contributed by atoms with E-state index in [4.69, 9.17) is 0 Å². The molecule has 1 aromatic heterocycles. The third-order valence-corrected chi connectivity index (χ3v) is 5.02. The van der Waals surface area contributed by atoms with Crippen LogP contribution in [0.2, 0.25) is 0 Å². The van der Waals surface area contributed by atoms with Crippen LogP contribution in [0.1, 0.15) is 6.04 Å². The fourth-order valence-corrected chi connectivity index (χ4v) is 3.59. The molecule has 3 rings (SSSR count). The predicted molar refractivity (Wildman–Crippen MR) is 68.1 cm³/mol. The second-order valence-electron chi connectivity index (χ2n) is 4.47. The molecule has 2 aromatic rings. The Morgan fingerprint density at radius 3 is 2.47 bits per heavy atom. The molecule has 0 unspecified atom stereocenters. The predicted octanol–water partition coefficient (Wildman–Crippen LogP) is 0.834. The van der Waals surface area contributed by atoms with Gasteiger partial charge in [-0.05, 0) is 12.1 Å². The van der Waals surface area contributed by atoms with Gasteiger partial charge in [0.25, 0.3) is 0 Å². The molecular weight excluding hydrogens is 266 g/mol. The second kappa shape index (κ2) is 4.36. The lowest BCUT2D eigenvalue weighted by atomic mass is 10.2. The number of hydrogen-bond acceptors (Lipinski definition) is 4. The van der Waals surface area contributed by atoms with Gasteiger partial charge < -0.3 is 5.11 Å². The normalized spacial score (nSPS) is 17.3. The topological polar surface area (TPSA) is 75.4 Å². The zero-order valence-corrected chi connectivity index (χ0v) is 10.9. The maximum atomic E-state index is 12.2. The third kappa shape index (κ3) is 2.11. The lowest BCUT2D eigenvalue weighted by molar-refractivity contribution is 0.191.